The summed E-state index contributed by atoms with van der Waals surface area (Å²) in [4.78, 5) is 29.0. The molecule has 2 amide bonds. The average molecular weight is 395 g/mol. The molecular weight excluding hydrogens is 376 g/mol. The highest BCUT2D eigenvalue weighted by Gasteiger charge is 2.46. The third kappa shape index (κ3) is 3.58. The topological polar surface area (TPSA) is 64.4 Å². The predicted molar refractivity (Wildman–Crippen MR) is 102 cm³/mol. The van der Waals surface area contributed by atoms with E-state index in [1.807, 2.05) is 6.07 Å². The number of anilines is 1. The Balaban J connectivity index is 1.65. The van der Waals surface area contributed by atoms with Crippen molar-refractivity contribution < 1.29 is 18.4 Å². The van der Waals surface area contributed by atoms with Crippen LogP contribution >= 0.6 is 0 Å². The monoisotopic (exact) mass is 395 g/mol. The lowest BCUT2D eigenvalue weighted by atomic mass is 9.77. The third-order valence-electron chi connectivity index (χ3n) is 5.70. The number of nitriles is 1. The minimum Gasteiger partial charge on any atom is -0.324 e. The van der Waals surface area contributed by atoms with E-state index in [2.05, 4.69) is 0 Å². The standard InChI is InChI=1S/C22H19F2N3O2/c23-17-7-4-14(5-8-17)12-27-20(28)13-26(22(29)21(27)16-2-1-3-16)19-9-6-15(11-25)10-18(19)24/h4-10,16,21H,1-3,12-13H2. The van der Waals surface area contributed by atoms with E-state index in [0.717, 1.165) is 30.9 Å². The van der Waals surface area contributed by atoms with Gasteiger partial charge in [-0.25, -0.2) is 8.78 Å². The first kappa shape index (κ1) is 19.1. The van der Waals surface area contributed by atoms with E-state index in [9.17, 15) is 18.4 Å². The predicted octanol–water partition coefficient (Wildman–Crippen LogP) is 3.38. The fourth-order valence-electron chi connectivity index (χ4n) is 3.94. The zero-order chi connectivity index (χ0) is 20.5. The zero-order valence-corrected chi connectivity index (χ0v) is 15.6. The molecule has 148 valence electrons. The van der Waals surface area contributed by atoms with Crippen molar-refractivity contribution in [2.75, 3.05) is 11.4 Å². The van der Waals surface area contributed by atoms with Gasteiger partial charge in [0.2, 0.25) is 5.91 Å². The van der Waals surface area contributed by atoms with Crippen LogP contribution in [0.3, 0.4) is 0 Å². The summed E-state index contributed by atoms with van der Waals surface area (Å²) >= 11 is 0. The van der Waals surface area contributed by atoms with Crippen molar-refractivity contribution in [3.63, 3.8) is 0 Å². The number of carbonyl (C=O) groups excluding carboxylic acids is 2. The van der Waals surface area contributed by atoms with Crippen LogP contribution in [0, 0.1) is 28.9 Å². The second-order valence-electron chi connectivity index (χ2n) is 7.49. The highest BCUT2D eigenvalue weighted by molar-refractivity contribution is 6.06. The molecule has 1 saturated carbocycles. The Kier molecular flexibility index (Phi) is 5.01. The summed E-state index contributed by atoms with van der Waals surface area (Å²) in [5.74, 6) is -1.65. The molecule has 1 aliphatic heterocycles. The average Bonchev–Trinajstić information content (AvgIpc) is 2.67. The van der Waals surface area contributed by atoms with Crippen molar-refractivity contribution in [3.05, 3.63) is 65.2 Å². The Morgan fingerprint density at radius 1 is 1.07 bits per heavy atom. The summed E-state index contributed by atoms with van der Waals surface area (Å²) in [5, 5.41) is 8.92. The Hall–Kier alpha value is -3.27. The molecule has 1 aliphatic carbocycles. The normalized spacial score (nSPS) is 19.8. The highest BCUT2D eigenvalue weighted by Crippen LogP contribution is 2.37. The number of carbonyl (C=O) groups is 2. The molecule has 2 aromatic carbocycles. The van der Waals surface area contributed by atoms with E-state index in [-0.39, 0.29) is 47.9 Å². The first-order valence-electron chi connectivity index (χ1n) is 9.53. The Morgan fingerprint density at radius 2 is 1.79 bits per heavy atom. The summed E-state index contributed by atoms with van der Waals surface area (Å²) in [6, 6.07) is 10.9. The van der Waals surface area contributed by atoms with Crippen LogP contribution in [0.15, 0.2) is 42.5 Å². The molecule has 7 heteroatoms. The van der Waals surface area contributed by atoms with Gasteiger partial charge in [-0.2, -0.15) is 5.26 Å². The smallest absolute Gasteiger partial charge is 0.250 e. The molecule has 2 fully saturated rings. The van der Waals surface area contributed by atoms with Gasteiger partial charge in [-0.3, -0.25) is 14.5 Å². The minimum absolute atomic E-state index is 0.00751. The molecule has 4 rings (SSSR count). The molecule has 5 nitrogen and oxygen atoms in total. The fourth-order valence-corrected chi connectivity index (χ4v) is 3.94. The van der Waals surface area contributed by atoms with Gasteiger partial charge < -0.3 is 4.90 Å². The van der Waals surface area contributed by atoms with Gasteiger partial charge in [0, 0.05) is 6.54 Å². The van der Waals surface area contributed by atoms with Gasteiger partial charge in [-0.15, -0.1) is 0 Å². The molecule has 0 spiro atoms. The summed E-state index contributed by atoms with van der Waals surface area (Å²) in [6.45, 7) is -0.0677. The molecule has 0 bridgehead atoms. The second-order valence-corrected chi connectivity index (χ2v) is 7.49. The number of halogens is 2. The number of rotatable bonds is 4. The Morgan fingerprint density at radius 3 is 2.38 bits per heavy atom. The van der Waals surface area contributed by atoms with Crippen LogP contribution in [-0.4, -0.2) is 29.3 Å². The second kappa shape index (κ2) is 7.63. The molecule has 0 radical (unpaired) electrons. The highest BCUT2D eigenvalue weighted by atomic mass is 19.1. The summed E-state index contributed by atoms with van der Waals surface area (Å²) in [7, 11) is 0. The van der Waals surface area contributed by atoms with E-state index < -0.39 is 11.9 Å². The maximum absolute atomic E-state index is 14.5. The van der Waals surface area contributed by atoms with Crippen LogP contribution in [0.25, 0.3) is 0 Å². The van der Waals surface area contributed by atoms with Crippen LogP contribution in [0.2, 0.25) is 0 Å². The van der Waals surface area contributed by atoms with Gasteiger partial charge in [0.05, 0.1) is 17.3 Å². The van der Waals surface area contributed by atoms with Crippen molar-refractivity contribution >= 4 is 17.5 Å². The summed E-state index contributed by atoms with van der Waals surface area (Å²) in [5.41, 5.74) is 0.887. The van der Waals surface area contributed by atoms with Gasteiger partial charge in [0.15, 0.2) is 0 Å². The molecule has 29 heavy (non-hydrogen) atoms. The van der Waals surface area contributed by atoms with E-state index in [1.165, 1.54) is 34.1 Å². The van der Waals surface area contributed by atoms with Crippen molar-refractivity contribution in [1.29, 1.82) is 5.26 Å². The molecule has 1 heterocycles. The summed E-state index contributed by atoms with van der Waals surface area (Å²) < 4.78 is 27.7. The van der Waals surface area contributed by atoms with Gasteiger partial charge >= 0.3 is 0 Å². The Labute approximate surface area is 167 Å². The number of piperazine rings is 1. The lowest BCUT2D eigenvalue weighted by Gasteiger charge is -2.46. The van der Waals surface area contributed by atoms with Crippen molar-refractivity contribution in [2.24, 2.45) is 5.92 Å². The Bertz CT molecular complexity index is 996. The molecular formula is C22H19F2N3O2. The first-order valence-corrected chi connectivity index (χ1v) is 9.53. The number of amides is 2. The summed E-state index contributed by atoms with van der Waals surface area (Å²) in [6.07, 6.45) is 2.64. The van der Waals surface area contributed by atoms with Crippen LogP contribution < -0.4 is 4.90 Å². The maximum atomic E-state index is 14.5. The molecule has 2 aromatic rings. The first-order chi connectivity index (χ1) is 14.0. The molecule has 0 N–H and O–H groups in total. The number of hydrogen-bond donors (Lipinski definition) is 0. The van der Waals surface area contributed by atoms with E-state index in [0.29, 0.717) is 0 Å². The number of hydrogen-bond acceptors (Lipinski definition) is 3. The molecule has 1 atom stereocenters. The van der Waals surface area contributed by atoms with E-state index in [1.54, 1.807) is 12.1 Å². The minimum atomic E-state index is -0.704. The largest absolute Gasteiger partial charge is 0.324 e. The number of benzene rings is 2. The van der Waals surface area contributed by atoms with Crippen LogP contribution in [0.1, 0.15) is 30.4 Å². The van der Waals surface area contributed by atoms with E-state index in [4.69, 9.17) is 5.26 Å². The third-order valence-corrected chi connectivity index (χ3v) is 5.70. The molecule has 1 saturated heterocycles. The van der Waals surface area contributed by atoms with Gasteiger partial charge in [-0.05, 0) is 54.7 Å². The lowest BCUT2D eigenvalue weighted by molar-refractivity contribution is -0.147. The van der Waals surface area contributed by atoms with E-state index >= 15 is 0 Å². The molecule has 2 aliphatic rings. The molecule has 0 aromatic heterocycles. The molecule has 1 unspecified atom stereocenters. The van der Waals surface area contributed by atoms with Gasteiger partial charge in [0.1, 0.15) is 24.2 Å². The number of nitrogens with zero attached hydrogens (tertiary/aromatic N) is 3. The van der Waals surface area contributed by atoms with Gasteiger partial charge in [-0.1, -0.05) is 18.6 Å². The van der Waals surface area contributed by atoms with Crippen molar-refractivity contribution in [1.82, 2.24) is 4.90 Å². The van der Waals surface area contributed by atoms with Gasteiger partial charge in [0.25, 0.3) is 5.91 Å². The van der Waals surface area contributed by atoms with Crippen molar-refractivity contribution in [3.8, 4) is 6.07 Å². The van der Waals surface area contributed by atoms with Crippen LogP contribution in [0.5, 0.6) is 0 Å². The zero-order valence-electron chi connectivity index (χ0n) is 15.6. The SMILES string of the molecule is N#Cc1ccc(N2CC(=O)N(Cc3ccc(F)cc3)C(C3CCC3)C2=O)c(F)c1. The lowest BCUT2D eigenvalue weighted by Crippen LogP contribution is -2.63. The van der Waals surface area contributed by atoms with Crippen molar-refractivity contribution in [2.45, 2.75) is 31.8 Å². The van der Waals surface area contributed by atoms with Crippen LogP contribution in [0.4, 0.5) is 14.5 Å². The fraction of sp³-hybridized carbons (Fsp3) is 0.318. The van der Waals surface area contributed by atoms with Crippen LogP contribution in [-0.2, 0) is 16.1 Å². The quantitative estimate of drug-likeness (QED) is 0.797. The maximum Gasteiger partial charge on any atom is 0.250 e.